The summed E-state index contributed by atoms with van der Waals surface area (Å²) in [5.41, 5.74) is 1.43. The zero-order valence-corrected chi connectivity index (χ0v) is 11.3. The van der Waals surface area contributed by atoms with Crippen LogP contribution >= 0.6 is 23.1 Å². The van der Waals surface area contributed by atoms with E-state index >= 15 is 0 Å². The first-order valence-electron chi connectivity index (χ1n) is 5.59. The van der Waals surface area contributed by atoms with Crippen molar-refractivity contribution in [3.8, 4) is 0 Å². The van der Waals surface area contributed by atoms with E-state index < -0.39 is 11.6 Å². The van der Waals surface area contributed by atoms with Gasteiger partial charge in [0.05, 0.1) is 16.7 Å². The number of thioether (sulfide) groups is 1. The molecule has 1 N–H and O–H groups in total. The summed E-state index contributed by atoms with van der Waals surface area (Å²) in [6.45, 7) is 0. The van der Waals surface area contributed by atoms with Crippen molar-refractivity contribution in [2.45, 2.75) is 5.25 Å². The van der Waals surface area contributed by atoms with E-state index in [2.05, 4.69) is 5.32 Å². The number of thiophene rings is 1. The van der Waals surface area contributed by atoms with Gasteiger partial charge in [0.2, 0.25) is 5.91 Å². The van der Waals surface area contributed by atoms with Gasteiger partial charge in [-0.25, -0.2) is 8.78 Å². The molecule has 2 aromatic rings. The Labute approximate surface area is 116 Å². The van der Waals surface area contributed by atoms with E-state index in [0.29, 0.717) is 11.3 Å². The van der Waals surface area contributed by atoms with Gasteiger partial charge < -0.3 is 5.32 Å². The molecule has 0 fully saturated rings. The third kappa shape index (κ3) is 2.37. The SMILES string of the molecule is O=C1CSC(c2ccc(F)c(F)c2)c2sccc2N1. The third-order valence-electron chi connectivity index (χ3n) is 2.83. The Hall–Kier alpha value is -1.40. The normalized spacial score (nSPS) is 18.6. The Morgan fingerprint density at radius 3 is 2.84 bits per heavy atom. The van der Waals surface area contributed by atoms with Gasteiger partial charge in [-0.3, -0.25) is 4.79 Å². The number of carbonyl (C=O) groups excluding carboxylic acids is 1. The first-order chi connectivity index (χ1) is 9.15. The Morgan fingerprint density at radius 2 is 2.05 bits per heavy atom. The van der Waals surface area contributed by atoms with Crippen LogP contribution in [0, 0.1) is 11.6 Å². The van der Waals surface area contributed by atoms with Crippen molar-refractivity contribution in [1.82, 2.24) is 0 Å². The number of hydrogen-bond acceptors (Lipinski definition) is 3. The molecule has 1 aliphatic heterocycles. The molecule has 1 atom stereocenters. The van der Waals surface area contributed by atoms with Crippen LogP contribution in [0.3, 0.4) is 0 Å². The maximum atomic E-state index is 13.4. The van der Waals surface area contributed by atoms with E-state index in [9.17, 15) is 13.6 Å². The number of amides is 1. The maximum absolute atomic E-state index is 13.4. The predicted octanol–water partition coefficient (Wildman–Crippen LogP) is 3.80. The number of hydrogen-bond donors (Lipinski definition) is 1. The molecule has 0 radical (unpaired) electrons. The van der Waals surface area contributed by atoms with Crippen molar-refractivity contribution in [2.75, 3.05) is 11.1 Å². The van der Waals surface area contributed by atoms with Gasteiger partial charge in [-0.15, -0.1) is 23.1 Å². The molecule has 1 amide bonds. The summed E-state index contributed by atoms with van der Waals surface area (Å²) in [6, 6.07) is 5.72. The van der Waals surface area contributed by atoms with E-state index in [1.807, 2.05) is 11.4 Å². The Bertz CT molecular complexity index is 641. The van der Waals surface area contributed by atoms with Crippen molar-refractivity contribution in [3.63, 3.8) is 0 Å². The van der Waals surface area contributed by atoms with Crippen LogP contribution in [0.1, 0.15) is 15.7 Å². The molecule has 2 nitrogen and oxygen atoms in total. The van der Waals surface area contributed by atoms with Crippen LogP contribution in [0.15, 0.2) is 29.6 Å². The highest BCUT2D eigenvalue weighted by Gasteiger charge is 2.25. The number of halogens is 2. The second-order valence-electron chi connectivity index (χ2n) is 4.11. The first-order valence-corrected chi connectivity index (χ1v) is 7.52. The summed E-state index contributed by atoms with van der Waals surface area (Å²) in [5.74, 6) is -1.50. The second-order valence-corrected chi connectivity index (χ2v) is 6.15. The largest absolute Gasteiger partial charge is 0.324 e. The summed E-state index contributed by atoms with van der Waals surface area (Å²) < 4.78 is 26.3. The zero-order chi connectivity index (χ0) is 13.4. The van der Waals surface area contributed by atoms with Gasteiger partial charge in [0.25, 0.3) is 0 Å². The second kappa shape index (κ2) is 4.94. The molecule has 0 saturated carbocycles. The maximum Gasteiger partial charge on any atom is 0.234 e. The highest BCUT2D eigenvalue weighted by atomic mass is 32.2. The van der Waals surface area contributed by atoms with Gasteiger partial charge >= 0.3 is 0 Å². The lowest BCUT2D eigenvalue weighted by molar-refractivity contribution is -0.113. The van der Waals surface area contributed by atoms with E-state index in [1.165, 1.54) is 29.2 Å². The van der Waals surface area contributed by atoms with Crippen LogP contribution in [0.4, 0.5) is 14.5 Å². The summed E-state index contributed by atoms with van der Waals surface area (Å²) in [7, 11) is 0. The molecular formula is C13H9F2NOS2. The van der Waals surface area contributed by atoms with Gasteiger partial charge in [0.1, 0.15) is 0 Å². The summed E-state index contributed by atoms with van der Waals surface area (Å²) in [5, 5.41) is 4.54. The average molecular weight is 297 g/mol. The molecule has 1 unspecified atom stereocenters. The van der Waals surface area contributed by atoms with E-state index in [4.69, 9.17) is 0 Å². The molecule has 1 aliphatic rings. The molecule has 6 heteroatoms. The monoisotopic (exact) mass is 297 g/mol. The van der Waals surface area contributed by atoms with Crippen LogP contribution in [0.2, 0.25) is 0 Å². The fraction of sp³-hybridized carbons (Fsp3) is 0.154. The van der Waals surface area contributed by atoms with Gasteiger partial charge in [-0.1, -0.05) is 6.07 Å². The van der Waals surface area contributed by atoms with Crippen molar-refractivity contribution >= 4 is 34.7 Å². The summed E-state index contributed by atoms with van der Waals surface area (Å²) in [6.07, 6.45) is 0. The van der Waals surface area contributed by atoms with E-state index in [0.717, 1.165) is 16.6 Å². The van der Waals surface area contributed by atoms with Gasteiger partial charge in [0, 0.05) is 4.88 Å². The van der Waals surface area contributed by atoms with Gasteiger partial charge in [0.15, 0.2) is 11.6 Å². The smallest absolute Gasteiger partial charge is 0.234 e. The molecule has 98 valence electrons. The van der Waals surface area contributed by atoms with Crippen LogP contribution in [0.25, 0.3) is 0 Å². The first kappa shape index (κ1) is 12.6. The number of nitrogens with one attached hydrogen (secondary N) is 1. The van der Waals surface area contributed by atoms with Crippen molar-refractivity contribution in [1.29, 1.82) is 0 Å². The van der Waals surface area contributed by atoms with Crippen LogP contribution in [-0.4, -0.2) is 11.7 Å². The molecule has 1 aromatic heterocycles. The Morgan fingerprint density at radius 1 is 1.21 bits per heavy atom. The van der Waals surface area contributed by atoms with Crippen molar-refractivity contribution < 1.29 is 13.6 Å². The van der Waals surface area contributed by atoms with Crippen LogP contribution < -0.4 is 5.32 Å². The molecule has 3 rings (SSSR count). The lowest BCUT2D eigenvalue weighted by Gasteiger charge is -2.14. The number of fused-ring (bicyclic) bond motifs is 1. The highest BCUT2D eigenvalue weighted by molar-refractivity contribution is 8.00. The van der Waals surface area contributed by atoms with E-state index in [-0.39, 0.29) is 11.2 Å². The molecule has 1 aromatic carbocycles. The molecule has 0 saturated heterocycles. The lowest BCUT2D eigenvalue weighted by atomic mass is 10.1. The number of carbonyl (C=O) groups is 1. The highest BCUT2D eigenvalue weighted by Crippen LogP contribution is 2.44. The summed E-state index contributed by atoms with van der Waals surface area (Å²) in [4.78, 5) is 12.5. The van der Waals surface area contributed by atoms with Crippen molar-refractivity contribution in [2.24, 2.45) is 0 Å². The molecule has 0 aliphatic carbocycles. The standard InChI is InChI=1S/C13H9F2NOS2/c14-8-2-1-7(5-9(8)15)12-13-10(3-4-18-13)16-11(17)6-19-12/h1-5,12H,6H2,(H,16,17). The quantitative estimate of drug-likeness (QED) is 0.867. The average Bonchev–Trinajstić information content (AvgIpc) is 2.76. The Balaban J connectivity index is 2.05. The Kier molecular flexibility index (Phi) is 3.28. The molecular weight excluding hydrogens is 288 g/mol. The minimum Gasteiger partial charge on any atom is -0.324 e. The molecule has 0 spiro atoms. The number of anilines is 1. The number of rotatable bonds is 1. The fourth-order valence-electron chi connectivity index (χ4n) is 1.97. The zero-order valence-electron chi connectivity index (χ0n) is 9.65. The minimum absolute atomic E-state index is 0.0743. The molecule has 0 bridgehead atoms. The van der Waals surface area contributed by atoms with Gasteiger partial charge in [-0.05, 0) is 29.1 Å². The topological polar surface area (TPSA) is 29.1 Å². The molecule has 19 heavy (non-hydrogen) atoms. The van der Waals surface area contributed by atoms with Crippen LogP contribution in [0.5, 0.6) is 0 Å². The third-order valence-corrected chi connectivity index (χ3v) is 5.24. The van der Waals surface area contributed by atoms with Crippen molar-refractivity contribution in [3.05, 3.63) is 51.7 Å². The summed E-state index contributed by atoms with van der Waals surface area (Å²) >= 11 is 2.92. The van der Waals surface area contributed by atoms with Crippen LogP contribution in [-0.2, 0) is 4.79 Å². The minimum atomic E-state index is -0.861. The number of benzene rings is 1. The fourth-order valence-corrected chi connectivity index (χ4v) is 4.21. The predicted molar refractivity (Wildman–Crippen MR) is 73.6 cm³/mol. The van der Waals surface area contributed by atoms with Gasteiger partial charge in [-0.2, -0.15) is 0 Å². The van der Waals surface area contributed by atoms with E-state index in [1.54, 1.807) is 6.07 Å². The molecule has 2 heterocycles. The lowest BCUT2D eigenvalue weighted by Crippen LogP contribution is -2.11.